The van der Waals surface area contributed by atoms with Gasteiger partial charge in [-0.25, -0.2) is 0 Å². The molecule has 220 valence electrons. The smallest absolute Gasteiger partial charge is 0.253 e. The first-order chi connectivity index (χ1) is 19.2. The summed E-state index contributed by atoms with van der Waals surface area (Å²) in [5.74, 6) is -2.75. The van der Waals surface area contributed by atoms with Crippen molar-refractivity contribution in [3.63, 3.8) is 0 Å². The molecule has 13 heteroatoms. The molecule has 0 bridgehead atoms. The molecule has 13 nitrogen and oxygen atoms in total. The number of nitrogens with one attached hydrogen (secondary N) is 3. The van der Waals surface area contributed by atoms with Crippen LogP contribution in [-0.4, -0.2) is 96.3 Å². The van der Waals surface area contributed by atoms with E-state index in [1.165, 1.54) is 12.2 Å². The van der Waals surface area contributed by atoms with Crippen LogP contribution >= 0.6 is 0 Å². The van der Waals surface area contributed by atoms with E-state index in [4.69, 9.17) is 5.73 Å². The third-order valence-electron chi connectivity index (χ3n) is 6.50. The first-order valence-corrected chi connectivity index (χ1v) is 13.8. The van der Waals surface area contributed by atoms with Crippen LogP contribution in [0.4, 0.5) is 0 Å². The van der Waals surface area contributed by atoms with E-state index in [1.807, 2.05) is 0 Å². The molecule has 40 heavy (non-hydrogen) atoms. The van der Waals surface area contributed by atoms with Gasteiger partial charge in [0.25, 0.3) is 23.6 Å². The Balaban J connectivity index is 1.73. The van der Waals surface area contributed by atoms with Crippen LogP contribution in [0.25, 0.3) is 0 Å². The maximum Gasteiger partial charge on any atom is 0.253 e. The zero-order chi connectivity index (χ0) is 29.3. The molecule has 0 fully saturated rings. The number of carbonyl (C=O) groups is 7. The molecule has 0 saturated carbocycles. The van der Waals surface area contributed by atoms with Crippen LogP contribution in [0.1, 0.15) is 57.8 Å². The van der Waals surface area contributed by atoms with E-state index in [1.54, 1.807) is 0 Å². The van der Waals surface area contributed by atoms with Crippen molar-refractivity contribution in [1.82, 2.24) is 25.8 Å². The molecule has 5 N–H and O–H groups in total. The molecule has 2 heterocycles. The first kappa shape index (κ1) is 32.5. The predicted molar refractivity (Wildman–Crippen MR) is 145 cm³/mol. The number of imide groups is 2. The van der Waals surface area contributed by atoms with Gasteiger partial charge in [-0.1, -0.05) is 12.8 Å². The summed E-state index contributed by atoms with van der Waals surface area (Å²) < 4.78 is 0. The Morgan fingerprint density at radius 2 is 1.23 bits per heavy atom. The summed E-state index contributed by atoms with van der Waals surface area (Å²) in [6.45, 7) is 1.68. The second kappa shape index (κ2) is 17.8. The highest BCUT2D eigenvalue weighted by molar-refractivity contribution is 6.13. The first-order valence-electron chi connectivity index (χ1n) is 13.8. The van der Waals surface area contributed by atoms with Crippen LogP contribution < -0.4 is 21.7 Å². The molecule has 0 radical (unpaired) electrons. The number of carbonyl (C=O) groups excluding carboxylic acids is 7. The summed E-state index contributed by atoms with van der Waals surface area (Å²) in [6.07, 6.45) is 9.85. The van der Waals surface area contributed by atoms with E-state index in [2.05, 4.69) is 16.0 Å². The molecule has 0 aromatic rings. The molecular weight excluding hydrogens is 520 g/mol. The Bertz CT molecular complexity index is 973. The van der Waals surface area contributed by atoms with Gasteiger partial charge in [0, 0.05) is 56.8 Å². The van der Waals surface area contributed by atoms with Gasteiger partial charge in [0.15, 0.2) is 5.78 Å². The van der Waals surface area contributed by atoms with Gasteiger partial charge in [-0.2, -0.15) is 0 Å². The molecular formula is C27H40N6O7. The number of nitrogens with zero attached hydrogens (tertiary/aromatic N) is 2. The zero-order valence-corrected chi connectivity index (χ0v) is 22.8. The number of hydrogen-bond acceptors (Lipinski definition) is 9. The van der Waals surface area contributed by atoms with E-state index in [0.717, 1.165) is 47.6 Å². The van der Waals surface area contributed by atoms with E-state index in [9.17, 15) is 33.6 Å². The molecule has 0 aromatic carbocycles. The molecule has 0 aromatic heterocycles. The van der Waals surface area contributed by atoms with E-state index in [0.29, 0.717) is 38.9 Å². The van der Waals surface area contributed by atoms with Crippen molar-refractivity contribution in [2.24, 2.45) is 5.73 Å². The quantitative estimate of drug-likeness (QED) is 0.102. The number of amides is 6. The van der Waals surface area contributed by atoms with Crippen molar-refractivity contribution >= 4 is 41.2 Å². The summed E-state index contributed by atoms with van der Waals surface area (Å²) in [7, 11) is 0. The Labute approximate surface area is 233 Å². The van der Waals surface area contributed by atoms with Gasteiger partial charge < -0.3 is 21.7 Å². The van der Waals surface area contributed by atoms with Crippen molar-refractivity contribution in [1.29, 1.82) is 0 Å². The van der Waals surface area contributed by atoms with Crippen LogP contribution in [0.2, 0.25) is 0 Å². The lowest BCUT2D eigenvalue weighted by Crippen LogP contribution is -2.45. The predicted octanol–water partition coefficient (Wildman–Crippen LogP) is -0.934. The Morgan fingerprint density at radius 3 is 1.80 bits per heavy atom. The normalized spacial score (nSPS) is 15.3. The maximum atomic E-state index is 12.9. The number of hydrogen-bond donors (Lipinski definition) is 4. The highest BCUT2D eigenvalue weighted by atomic mass is 16.2. The Hall–Kier alpha value is -3.71. The lowest BCUT2D eigenvalue weighted by Gasteiger charge is -2.19. The van der Waals surface area contributed by atoms with Gasteiger partial charge in [-0.05, 0) is 45.2 Å². The number of nitrogens with two attached hydrogens (primary N) is 1. The summed E-state index contributed by atoms with van der Waals surface area (Å²) in [4.78, 5) is 85.9. The van der Waals surface area contributed by atoms with Crippen LogP contribution in [0.15, 0.2) is 24.3 Å². The summed E-state index contributed by atoms with van der Waals surface area (Å²) in [5.41, 5.74) is 5.49. The van der Waals surface area contributed by atoms with Crippen LogP contribution in [0, 0.1) is 0 Å². The largest absolute Gasteiger partial charge is 0.356 e. The van der Waals surface area contributed by atoms with Gasteiger partial charge in [-0.3, -0.25) is 43.4 Å². The monoisotopic (exact) mass is 560 g/mol. The fraction of sp³-hybridized carbons (Fsp3) is 0.593. The van der Waals surface area contributed by atoms with Gasteiger partial charge in [0.1, 0.15) is 0 Å². The molecule has 1 atom stereocenters. The highest BCUT2D eigenvalue weighted by Crippen LogP contribution is 2.07. The molecule has 0 spiro atoms. The van der Waals surface area contributed by atoms with Gasteiger partial charge in [-0.15, -0.1) is 0 Å². The second-order valence-corrected chi connectivity index (χ2v) is 9.63. The highest BCUT2D eigenvalue weighted by Gasteiger charge is 2.26. The minimum atomic E-state index is -0.754. The molecule has 2 aliphatic rings. The SMILES string of the molecule is NCCCCCCNCC(=O)[C@H](CCCCNC(=O)CCN1C(=O)C=CC1=O)NC(=O)CCN1C(=O)C=CC1=O. The number of Topliss-reactive ketones (excluding diaryl/α,β-unsaturated/α-hetero) is 1. The molecule has 0 unspecified atom stereocenters. The Morgan fingerprint density at radius 1 is 0.700 bits per heavy atom. The standard InChI is InChI=1S/C27H40N6O7/c28-14-4-1-2-5-15-29-19-21(34)20(31-23(36)13-18-33-26(39)10-11-27(33)40)7-3-6-16-30-22(35)12-17-32-24(37)8-9-25(32)38/h8-11,20,29H,1-7,12-19,28H2,(H,30,35)(H,31,36)/t20-/m0/s1. The molecule has 6 amide bonds. The lowest BCUT2D eigenvalue weighted by atomic mass is 10.0. The minimum Gasteiger partial charge on any atom is -0.356 e. The zero-order valence-electron chi connectivity index (χ0n) is 22.8. The van der Waals surface area contributed by atoms with Crippen molar-refractivity contribution in [2.75, 3.05) is 39.3 Å². The van der Waals surface area contributed by atoms with Crippen LogP contribution in [0.3, 0.4) is 0 Å². The van der Waals surface area contributed by atoms with E-state index >= 15 is 0 Å². The summed E-state index contributed by atoms with van der Waals surface area (Å²) in [6, 6.07) is -0.754. The fourth-order valence-electron chi connectivity index (χ4n) is 4.18. The average Bonchev–Trinajstić information content (AvgIpc) is 3.43. The minimum absolute atomic E-state index is 0.00378. The van der Waals surface area contributed by atoms with Crippen LogP contribution in [0.5, 0.6) is 0 Å². The second-order valence-electron chi connectivity index (χ2n) is 9.63. The molecule has 0 saturated heterocycles. The van der Waals surface area contributed by atoms with Gasteiger partial charge in [0.2, 0.25) is 11.8 Å². The summed E-state index contributed by atoms with van der Waals surface area (Å²) in [5, 5.41) is 8.56. The third kappa shape index (κ3) is 11.6. The average molecular weight is 561 g/mol. The van der Waals surface area contributed by atoms with E-state index < -0.39 is 35.6 Å². The topological polar surface area (TPSA) is 188 Å². The van der Waals surface area contributed by atoms with Gasteiger partial charge >= 0.3 is 0 Å². The van der Waals surface area contributed by atoms with Crippen molar-refractivity contribution in [3.8, 4) is 0 Å². The van der Waals surface area contributed by atoms with Crippen LogP contribution in [-0.2, 0) is 33.6 Å². The number of rotatable bonds is 21. The number of ketones is 1. The number of unbranched alkanes of at least 4 members (excludes halogenated alkanes) is 4. The van der Waals surface area contributed by atoms with Gasteiger partial charge in [0.05, 0.1) is 12.6 Å². The van der Waals surface area contributed by atoms with E-state index in [-0.39, 0.29) is 44.2 Å². The molecule has 0 aliphatic carbocycles. The lowest BCUT2D eigenvalue weighted by molar-refractivity contribution is -0.139. The van der Waals surface area contributed by atoms with Crippen molar-refractivity contribution in [3.05, 3.63) is 24.3 Å². The Kier molecular flexibility index (Phi) is 14.5. The molecule has 2 rings (SSSR count). The molecule has 2 aliphatic heterocycles. The summed E-state index contributed by atoms with van der Waals surface area (Å²) >= 11 is 0. The van der Waals surface area contributed by atoms with Crippen molar-refractivity contribution in [2.45, 2.75) is 63.8 Å². The fourth-order valence-corrected chi connectivity index (χ4v) is 4.18. The maximum absolute atomic E-state index is 12.9. The van der Waals surface area contributed by atoms with Crippen molar-refractivity contribution < 1.29 is 33.6 Å². The third-order valence-corrected chi connectivity index (χ3v) is 6.50.